The van der Waals surface area contributed by atoms with Crippen molar-refractivity contribution in [2.75, 3.05) is 16.8 Å². The van der Waals surface area contributed by atoms with Crippen LogP contribution < -0.4 is 10.2 Å². The fraction of sp³-hybridized carbons (Fsp3) is 0.133. The predicted octanol–water partition coefficient (Wildman–Crippen LogP) is 3.69. The van der Waals surface area contributed by atoms with E-state index in [-0.39, 0.29) is 29.0 Å². The van der Waals surface area contributed by atoms with Crippen molar-refractivity contribution in [1.82, 2.24) is 0 Å². The fourth-order valence-corrected chi connectivity index (χ4v) is 2.68. The van der Waals surface area contributed by atoms with Gasteiger partial charge in [0.2, 0.25) is 5.91 Å². The largest absolute Gasteiger partial charge is 0.374 e. The second kappa shape index (κ2) is 5.44. The van der Waals surface area contributed by atoms with E-state index in [4.69, 9.17) is 0 Å². The van der Waals surface area contributed by atoms with E-state index in [0.717, 1.165) is 5.69 Å². The van der Waals surface area contributed by atoms with Crippen LogP contribution in [0.3, 0.4) is 0 Å². The lowest BCUT2D eigenvalue weighted by Gasteiger charge is -2.30. The van der Waals surface area contributed by atoms with Gasteiger partial charge in [0.25, 0.3) is 0 Å². The quantitative estimate of drug-likeness (QED) is 0.836. The van der Waals surface area contributed by atoms with Crippen LogP contribution in [0, 0.1) is 11.6 Å². The van der Waals surface area contributed by atoms with Gasteiger partial charge in [0.15, 0.2) is 0 Å². The lowest BCUT2D eigenvalue weighted by Crippen LogP contribution is -2.39. The molecule has 0 unspecified atom stereocenters. The molecule has 0 spiro atoms. The summed E-state index contributed by atoms with van der Waals surface area (Å²) in [4.78, 5) is 13.5. The molecule has 1 aliphatic rings. The van der Waals surface area contributed by atoms with Crippen molar-refractivity contribution in [2.45, 2.75) is 6.54 Å². The Morgan fingerprint density at radius 1 is 1.19 bits per heavy atom. The first-order chi connectivity index (χ1) is 10.1. The standard InChI is InChI=1S/C15H11BrF2N2O/c16-10-5-6-11(17)9(15(10)18)8-20-13-4-2-1-3-12(13)19-7-14(20)21/h1-6,19H,7-8H2. The zero-order valence-corrected chi connectivity index (χ0v) is 12.5. The van der Waals surface area contributed by atoms with Crippen LogP contribution in [0.5, 0.6) is 0 Å². The molecule has 0 saturated carbocycles. The van der Waals surface area contributed by atoms with Gasteiger partial charge in [-0.25, -0.2) is 8.78 Å². The van der Waals surface area contributed by atoms with E-state index < -0.39 is 11.6 Å². The second-order valence-electron chi connectivity index (χ2n) is 4.67. The highest BCUT2D eigenvalue weighted by atomic mass is 79.9. The number of para-hydroxylation sites is 2. The Morgan fingerprint density at radius 3 is 2.76 bits per heavy atom. The van der Waals surface area contributed by atoms with E-state index >= 15 is 0 Å². The Hall–Kier alpha value is -1.95. The molecule has 1 heterocycles. The van der Waals surface area contributed by atoms with Crippen LogP contribution in [0.25, 0.3) is 0 Å². The third-order valence-corrected chi connectivity index (χ3v) is 3.99. The molecule has 1 N–H and O–H groups in total. The van der Waals surface area contributed by atoms with Crippen LogP contribution in [0.1, 0.15) is 5.56 Å². The molecule has 2 aromatic rings. The summed E-state index contributed by atoms with van der Waals surface area (Å²) in [5.74, 6) is -1.58. The molecule has 1 aliphatic heterocycles. The number of hydrogen-bond donors (Lipinski definition) is 1. The number of anilines is 2. The predicted molar refractivity (Wildman–Crippen MR) is 80.2 cm³/mol. The molecule has 2 aromatic carbocycles. The minimum atomic E-state index is -0.682. The Morgan fingerprint density at radius 2 is 1.95 bits per heavy atom. The highest BCUT2D eigenvalue weighted by Crippen LogP contribution is 2.32. The first-order valence-electron chi connectivity index (χ1n) is 6.33. The van der Waals surface area contributed by atoms with Crippen LogP contribution in [0.15, 0.2) is 40.9 Å². The molecular weight excluding hydrogens is 342 g/mol. The normalized spacial score (nSPS) is 13.9. The summed E-state index contributed by atoms with van der Waals surface area (Å²) in [5, 5.41) is 2.98. The smallest absolute Gasteiger partial charge is 0.246 e. The zero-order chi connectivity index (χ0) is 15.0. The van der Waals surface area contributed by atoms with Gasteiger partial charge in [0, 0.05) is 5.56 Å². The van der Waals surface area contributed by atoms with Gasteiger partial charge in [-0.3, -0.25) is 4.79 Å². The maximum atomic E-state index is 14.1. The van der Waals surface area contributed by atoms with Crippen LogP contribution in [0.4, 0.5) is 20.2 Å². The van der Waals surface area contributed by atoms with Crippen molar-refractivity contribution in [3.05, 3.63) is 58.1 Å². The van der Waals surface area contributed by atoms with Gasteiger partial charge in [0.1, 0.15) is 11.6 Å². The Balaban J connectivity index is 2.02. The van der Waals surface area contributed by atoms with Crippen molar-refractivity contribution < 1.29 is 13.6 Å². The molecule has 3 nitrogen and oxygen atoms in total. The monoisotopic (exact) mass is 352 g/mol. The molecule has 0 aromatic heterocycles. The lowest BCUT2D eigenvalue weighted by molar-refractivity contribution is -0.117. The molecule has 0 saturated heterocycles. The van der Waals surface area contributed by atoms with E-state index in [2.05, 4.69) is 21.2 Å². The molecule has 0 atom stereocenters. The van der Waals surface area contributed by atoms with Gasteiger partial charge in [-0.2, -0.15) is 0 Å². The Kier molecular flexibility index (Phi) is 3.63. The van der Waals surface area contributed by atoms with Crippen LogP contribution >= 0.6 is 15.9 Å². The summed E-state index contributed by atoms with van der Waals surface area (Å²) in [6.07, 6.45) is 0. The van der Waals surface area contributed by atoms with Crippen LogP contribution in [-0.2, 0) is 11.3 Å². The van der Waals surface area contributed by atoms with Gasteiger partial charge < -0.3 is 10.2 Å². The third kappa shape index (κ3) is 2.51. The van der Waals surface area contributed by atoms with E-state index in [0.29, 0.717) is 5.69 Å². The average Bonchev–Trinajstić information content (AvgIpc) is 2.49. The molecule has 1 amide bonds. The van der Waals surface area contributed by atoms with Crippen molar-refractivity contribution in [2.24, 2.45) is 0 Å². The number of amides is 1. The molecule has 0 radical (unpaired) electrons. The number of fused-ring (bicyclic) bond motifs is 1. The maximum absolute atomic E-state index is 14.1. The van der Waals surface area contributed by atoms with Crippen molar-refractivity contribution >= 4 is 33.2 Å². The molecular formula is C15H11BrF2N2O. The number of halogens is 3. The van der Waals surface area contributed by atoms with Crippen molar-refractivity contribution in [3.63, 3.8) is 0 Å². The number of nitrogens with one attached hydrogen (secondary N) is 1. The third-order valence-electron chi connectivity index (χ3n) is 3.38. The van der Waals surface area contributed by atoms with Gasteiger partial charge in [-0.1, -0.05) is 12.1 Å². The van der Waals surface area contributed by atoms with Gasteiger partial charge in [0.05, 0.1) is 28.9 Å². The maximum Gasteiger partial charge on any atom is 0.246 e. The molecule has 0 aliphatic carbocycles. The van der Waals surface area contributed by atoms with Crippen LogP contribution in [-0.4, -0.2) is 12.5 Å². The molecule has 21 heavy (non-hydrogen) atoms. The van der Waals surface area contributed by atoms with Gasteiger partial charge in [-0.15, -0.1) is 0 Å². The second-order valence-corrected chi connectivity index (χ2v) is 5.53. The van der Waals surface area contributed by atoms with E-state index in [1.54, 1.807) is 12.1 Å². The molecule has 0 bridgehead atoms. The highest BCUT2D eigenvalue weighted by Gasteiger charge is 2.26. The van der Waals surface area contributed by atoms with Crippen molar-refractivity contribution in [1.29, 1.82) is 0 Å². The number of nitrogens with zero attached hydrogens (tertiary/aromatic N) is 1. The van der Waals surface area contributed by atoms with Crippen LogP contribution in [0.2, 0.25) is 0 Å². The SMILES string of the molecule is O=C1CNc2ccccc2N1Cc1c(F)ccc(Br)c1F. The number of hydrogen-bond acceptors (Lipinski definition) is 2. The topological polar surface area (TPSA) is 32.3 Å². The zero-order valence-electron chi connectivity index (χ0n) is 10.9. The molecule has 0 fully saturated rings. The highest BCUT2D eigenvalue weighted by molar-refractivity contribution is 9.10. The number of benzene rings is 2. The minimum absolute atomic E-state index is 0.105. The molecule has 3 rings (SSSR count). The first-order valence-corrected chi connectivity index (χ1v) is 7.13. The number of rotatable bonds is 2. The Bertz CT molecular complexity index is 721. The summed E-state index contributed by atoms with van der Waals surface area (Å²) in [6.45, 7) is -0.0388. The van der Waals surface area contributed by atoms with E-state index in [1.165, 1.54) is 17.0 Å². The molecule has 108 valence electrons. The summed E-state index contributed by atoms with van der Waals surface area (Å²) in [6, 6.07) is 9.66. The number of carbonyl (C=O) groups excluding carboxylic acids is 1. The molecule has 6 heteroatoms. The summed E-state index contributed by atoms with van der Waals surface area (Å²) >= 11 is 3.03. The minimum Gasteiger partial charge on any atom is -0.374 e. The van der Waals surface area contributed by atoms with E-state index in [1.807, 2.05) is 12.1 Å². The van der Waals surface area contributed by atoms with Gasteiger partial charge >= 0.3 is 0 Å². The summed E-state index contributed by atoms with van der Waals surface area (Å²) in [7, 11) is 0. The van der Waals surface area contributed by atoms with Gasteiger partial charge in [-0.05, 0) is 40.2 Å². The average molecular weight is 353 g/mol. The fourth-order valence-electron chi connectivity index (χ4n) is 2.30. The lowest BCUT2D eigenvalue weighted by atomic mass is 10.1. The van der Waals surface area contributed by atoms with Crippen molar-refractivity contribution in [3.8, 4) is 0 Å². The Labute approximate surface area is 128 Å². The number of carbonyl (C=O) groups is 1. The summed E-state index contributed by atoms with van der Waals surface area (Å²) in [5.41, 5.74) is 1.26. The summed E-state index contributed by atoms with van der Waals surface area (Å²) < 4.78 is 28.1. The van der Waals surface area contributed by atoms with E-state index in [9.17, 15) is 13.6 Å². The first kappa shape index (κ1) is 14.0.